The third kappa shape index (κ3) is 4.39. The molecule has 0 atom stereocenters. The Hall–Kier alpha value is -4.69. The Kier molecular flexibility index (Phi) is 5.78. The quantitative estimate of drug-likeness (QED) is 0.250. The number of H-pyrrole nitrogens is 1. The largest absolute Gasteiger partial charge is 0.457 e. The van der Waals surface area contributed by atoms with Crippen LogP contribution in [-0.4, -0.2) is 20.4 Å². The summed E-state index contributed by atoms with van der Waals surface area (Å²) in [6, 6.07) is 25.6. The number of amides is 1. The molecule has 0 aliphatic heterocycles. The van der Waals surface area contributed by atoms with E-state index in [4.69, 9.17) is 4.74 Å². The monoisotopic (exact) mass is 550 g/mol. The van der Waals surface area contributed by atoms with Crippen molar-refractivity contribution in [3.8, 4) is 17.2 Å². The van der Waals surface area contributed by atoms with Crippen LogP contribution in [0.1, 0.15) is 10.4 Å². The third-order valence-electron chi connectivity index (χ3n) is 6.02. The first kappa shape index (κ1) is 22.8. The topological polar surface area (TPSA) is 89.0 Å². The van der Waals surface area contributed by atoms with Gasteiger partial charge in [-0.05, 0) is 72.8 Å². The standard InChI is InChI=1S/C29H19BrN4O3/c30-18-5-9-20(10-6-18)34-17-24(27(35)22-3-1-2-4-25(22)34)29(36)33-19-7-11-21(12-8-19)37-26-14-16-32-28-23(26)13-15-31-28/h1-17H,(H,31,32)(H,33,36). The summed E-state index contributed by atoms with van der Waals surface area (Å²) in [5, 5.41) is 4.18. The molecule has 0 unspecified atom stereocenters. The van der Waals surface area contributed by atoms with Gasteiger partial charge in [-0.2, -0.15) is 0 Å². The number of hydrogen-bond donors (Lipinski definition) is 2. The summed E-state index contributed by atoms with van der Waals surface area (Å²) in [5.74, 6) is 0.793. The van der Waals surface area contributed by atoms with Crippen LogP contribution in [0.25, 0.3) is 27.6 Å². The first-order chi connectivity index (χ1) is 18.1. The number of nitrogens with one attached hydrogen (secondary N) is 2. The molecule has 3 heterocycles. The van der Waals surface area contributed by atoms with Crippen molar-refractivity contribution >= 4 is 49.5 Å². The van der Waals surface area contributed by atoms with Crippen molar-refractivity contribution in [3.05, 3.63) is 124 Å². The van der Waals surface area contributed by atoms with Gasteiger partial charge >= 0.3 is 0 Å². The number of carbonyl (C=O) groups excluding carboxylic acids is 1. The van der Waals surface area contributed by atoms with Gasteiger partial charge in [0.1, 0.15) is 22.7 Å². The van der Waals surface area contributed by atoms with Crippen LogP contribution in [0, 0.1) is 0 Å². The summed E-state index contributed by atoms with van der Waals surface area (Å²) in [7, 11) is 0. The molecule has 37 heavy (non-hydrogen) atoms. The number of halogens is 1. The zero-order chi connectivity index (χ0) is 25.4. The fourth-order valence-corrected chi connectivity index (χ4v) is 4.48. The number of para-hydroxylation sites is 1. The molecule has 0 aliphatic carbocycles. The zero-order valence-corrected chi connectivity index (χ0v) is 20.9. The van der Waals surface area contributed by atoms with Crippen molar-refractivity contribution < 1.29 is 9.53 Å². The average molecular weight is 551 g/mol. The maximum Gasteiger partial charge on any atom is 0.261 e. The number of rotatable bonds is 5. The lowest BCUT2D eigenvalue weighted by atomic mass is 10.1. The minimum atomic E-state index is -0.488. The molecule has 0 radical (unpaired) electrons. The van der Waals surface area contributed by atoms with Gasteiger partial charge in [0.25, 0.3) is 5.91 Å². The van der Waals surface area contributed by atoms with Crippen LogP contribution >= 0.6 is 15.9 Å². The van der Waals surface area contributed by atoms with E-state index in [2.05, 4.69) is 31.2 Å². The first-order valence-corrected chi connectivity index (χ1v) is 12.3. The molecule has 0 fully saturated rings. The third-order valence-corrected chi connectivity index (χ3v) is 6.55. The second-order valence-corrected chi connectivity index (χ2v) is 9.28. The Labute approximate surface area is 219 Å². The summed E-state index contributed by atoms with van der Waals surface area (Å²) in [6.45, 7) is 0. The first-order valence-electron chi connectivity index (χ1n) is 11.5. The molecule has 6 aromatic rings. The molecule has 6 rings (SSSR count). The lowest BCUT2D eigenvalue weighted by Crippen LogP contribution is -2.23. The number of aromatic nitrogens is 3. The molecule has 180 valence electrons. The van der Waals surface area contributed by atoms with Crippen molar-refractivity contribution in [2.45, 2.75) is 0 Å². The second kappa shape index (κ2) is 9.40. The van der Waals surface area contributed by atoms with Crippen LogP contribution < -0.4 is 15.5 Å². The van der Waals surface area contributed by atoms with Crippen molar-refractivity contribution in [2.75, 3.05) is 5.32 Å². The Balaban J connectivity index is 1.29. The molecular weight excluding hydrogens is 532 g/mol. The molecule has 0 saturated carbocycles. The predicted octanol–water partition coefficient (Wildman–Crippen LogP) is 6.67. The van der Waals surface area contributed by atoms with Gasteiger partial charge in [0, 0.05) is 39.8 Å². The normalized spacial score (nSPS) is 11.1. The number of carbonyl (C=O) groups is 1. The van der Waals surface area contributed by atoms with Crippen LogP contribution in [0.15, 0.2) is 113 Å². The van der Waals surface area contributed by atoms with Gasteiger partial charge in [0.05, 0.1) is 10.9 Å². The molecule has 0 saturated heterocycles. The van der Waals surface area contributed by atoms with E-state index in [-0.39, 0.29) is 11.0 Å². The summed E-state index contributed by atoms with van der Waals surface area (Å²) in [4.78, 5) is 33.8. The summed E-state index contributed by atoms with van der Waals surface area (Å²) in [5.41, 5.74) is 2.57. The summed E-state index contributed by atoms with van der Waals surface area (Å²) < 4.78 is 8.80. The highest BCUT2D eigenvalue weighted by molar-refractivity contribution is 9.10. The highest BCUT2D eigenvalue weighted by Gasteiger charge is 2.16. The van der Waals surface area contributed by atoms with Crippen molar-refractivity contribution in [1.82, 2.24) is 14.5 Å². The molecule has 0 bridgehead atoms. The molecule has 3 aromatic carbocycles. The molecule has 7 nitrogen and oxygen atoms in total. The maximum absolute atomic E-state index is 13.2. The van der Waals surface area contributed by atoms with Gasteiger partial charge in [-0.1, -0.05) is 28.1 Å². The van der Waals surface area contributed by atoms with E-state index < -0.39 is 5.91 Å². The highest BCUT2D eigenvalue weighted by Crippen LogP contribution is 2.29. The molecule has 3 aromatic heterocycles. The number of pyridine rings is 2. The van der Waals surface area contributed by atoms with Gasteiger partial charge in [0.2, 0.25) is 5.43 Å². The Morgan fingerprint density at radius 2 is 1.70 bits per heavy atom. The summed E-state index contributed by atoms with van der Waals surface area (Å²) >= 11 is 3.45. The van der Waals surface area contributed by atoms with Crippen LogP contribution in [-0.2, 0) is 0 Å². The fraction of sp³-hybridized carbons (Fsp3) is 0. The van der Waals surface area contributed by atoms with Gasteiger partial charge in [-0.3, -0.25) is 9.59 Å². The number of benzene rings is 3. The smallest absolute Gasteiger partial charge is 0.261 e. The number of nitrogens with zero attached hydrogens (tertiary/aromatic N) is 2. The van der Waals surface area contributed by atoms with E-state index in [9.17, 15) is 9.59 Å². The molecule has 1 amide bonds. The van der Waals surface area contributed by atoms with E-state index >= 15 is 0 Å². The lowest BCUT2D eigenvalue weighted by Gasteiger charge is -2.14. The van der Waals surface area contributed by atoms with Gasteiger partial charge in [-0.25, -0.2) is 4.98 Å². The molecule has 8 heteroatoms. The fourth-order valence-electron chi connectivity index (χ4n) is 4.21. The molecule has 0 aliphatic rings. The Morgan fingerprint density at radius 1 is 0.919 bits per heavy atom. The Bertz CT molecular complexity index is 1820. The minimum absolute atomic E-state index is 0.0496. The molecule has 0 spiro atoms. The van der Waals surface area contributed by atoms with E-state index in [0.29, 0.717) is 22.6 Å². The number of aromatic amines is 1. The van der Waals surface area contributed by atoms with E-state index in [1.807, 2.05) is 47.0 Å². The zero-order valence-electron chi connectivity index (χ0n) is 19.3. The molecule has 2 N–H and O–H groups in total. The number of ether oxygens (including phenoxy) is 1. The van der Waals surface area contributed by atoms with Crippen molar-refractivity contribution in [1.29, 1.82) is 0 Å². The van der Waals surface area contributed by atoms with Crippen molar-refractivity contribution in [2.24, 2.45) is 0 Å². The van der Waals surface area contributed by atoms with Gasteiger partial charge in [-0.15, -0.1) is 0 Å². The Morgan fingerprint density at radius 3 is 2.51 bits per heavy atom. The summed E-state index contributed by atoms with van der Waals surface area (Å²) in [6.07, 6.45) is 5.07. The predicted molar refractivity (Wildman–Crippen MR) is 148 cm³/mol. The van der Waals surface area contributed by atoms with E-state index in [1.165, 1.54) is 0 Å². The van der Waals surface area contributed by atoms with Crippen molar-refractivity contribution in [3.63, 3.8) is 0 Å². The molecular formula is C29H19BrN4O3. The minimum Gasteiger partial charge on any atom is -0.457 e. The lowest BCUT2D eigenvalue weighted by molar-refractivity contribution is 0.102. The van der Waals surface area contributed by atoms with Crippen LogP contribution in [0.5, 0.6) is 11.5 Å². The number of fused-ring (bicyclic) bond motifs is 2. The second-order valence-electron chi connectivity index (χ2n) is 8.37. The van der Waals surface area contributed by atoms with E-state index in [0.717, 1.165) is 26.7 Å². The van der Waals surface area contributed by atoms with Crippen LogP contribution in [0.3, 0.4) is 0 Å². The van der Waals surface area contributed by atoms with Gasteiger partial charge < -0.3 is 19.6 Å². The highest BCUT2D eigenvalue weighted by atomic mass is 79.9. The number of anilines is 1. The average Bonchev–Trinajstić information content (AvgIpc) is 3.41. The van der Waals surface area contributed by atoms with E-state index in [1.54, 1.807) is 61.1 Å². The van der Waals surface area contributed by atoms with Crippen LogP contribution in [0.2, 0.25) is 0 Å². The van der Waals surface area contributed by atoms with Gasteiger partial charge in [0.15, 0.2) is 0 Å². The SMILES string of the molecule is O=C(Nc1ccc(Oc2ccnc3[nH]ccc23)cc1)c1cn(-c2ccc(Br)cc2)c2ccccc2c1=O. The van der Waals surface area contributed by atoms with Crippen LogP contribution in [0.4, 0.5) is 5.69 Å². The number of hydrogen-bond acceptors (Lipinski definition) is 4. The maximum atomic E-state index is 13.2.